The third-order valence-corrected chi connectivity index (χ3v) is 8.30. The molecule has 0 N–H and O–H groups in total. The van der Waals surface area contributed by atoms with Crippen molar-refractivity contribution in [3.8, 4) is 28.4 Å². The molecule has 1 fully saturated rings. The smallest absolute Gasteiger partial charge is 0.471 e. The number of halogens is 13. The first-order valence-corrected chi connectivity index (χ1v) is 16.4. The van der Waals surface area contributed by atoms with Gasteiger partial charge in [-0.05, 0) is 78.9 Å². The van der Waals surface area contributed by atoms with Gasteiger partial charge >= 0.3 is 41.9 Å². The monoisotopic (exact) mass is 808 g/mol. The molecule has 0 aliphatic carbocycles. The normalized spacial score (nSPS) is 15.3. The van der Waals surface area contributed by atoms with Crippen molar-refractivity contribution < 1.29 is 85.6 Å². The minimum Gasteiger partial charge on any atom is -0.494 e. The molecular formula is C36H33F13O6. The number of unbranched alkanes of at least 4 members (excludes halogenated alkanes) is 3. The van der Waals surface area contributed by atoms with Crippen molar-refractivity contribution in [3.05, 3.63) is 78.4 Å². The van der Waals surface area contributed by atoms with Gasteiger partial charge in [-0.1, -0.05) is 37.6 Å². The number of carbonyl (C=O) groups excluding carboxylic acids is 1. The number of ether oxygens (including phenoxy) is 5. The molecule has 3 aromatic rings. The molecule has 0 radical (unpaired) electrons. The fourth-order valence-corrected chi connectivity index (χ4v) is 4.95. The molecule has 1 aliphatic heterocycles. The van der Waals surface area contributed by atoms with Crippen molar-refractivity contribution in [3.63, 3.8) is 0 Å². The lowest BCUT2D eigenvalue weighted by atomic mass is 9.90. The highest BCUT2D eigenvalue weighted by Crippen LogP contribution is 2.60. The third kappa shape index (κ3) is 9.59. The Kier molecular flexibility index (Phi) is 13.0. The van der Waals surface area contributed by atoms with Gasteiger partial charge in [-0.2, -0.15) is 57.1 Å². The van der Waals surface area contributed by atoms with Crippen LogP contribution < -0.4 is 14.2 Å². The molecule has 0 atom stereocenters. The second-order valence-electron chi connectivity index (χ2n) is 13.0. The number of carbonyl (C=O) groups is 1. The molecule has 0 aromatic heterocycles. The van der Waals surface area contributed by atoms with Gasteiger partial charge in [0.25, 0.3) is 0 Å². The molecule has 304 valence electrons. The Morgan fingerprint density at radius 1 is 0.600 bits per heavy atom. The number of rotatable bonds is 19. The molecule has 0 amide bonds. The van der Waals surface area contributed by atoms with Crippen molar-refractivity contribution in [2.75, 3.05) is 33.0 Å². The van der Waals surface area contributed by atoms with Gasteiger partial charge in [-0.15, -0.1) is 0 Å². The number of benzene rings is 3. The van der Waals surface area contributed by atoms with Crippen LogP contribution in [0.3, 0.4) is 0 Å². The summed E-state index contributed by atoms with van der Waals surface area (Å²) in [6, 6.07) is 14.3. The van der Waals surface area contributed by atoms with E-state index in [4.69, 9.17) is 18.9 Å². The summed E-state index contributed by atoms with van der Waals surface area (Å²) in [5.74, 6) is -32.9. The van der Waals surface area contributed by atoms with Gasteiger partial charge in [0, 0.05) is 12.0 Å². The molecule has 6 nitrogen and oxygen atoms in total. The SMILES string of the molecule is CC1(COCCCCCCOc2ccc(C(=O)Oc3ccc(-c4ccc(OC(F)(F)C(F)(F)C(F)(F)C(F)(F)C(F)(F)C(F)(F)F)cc4)cc3)cc2)COC1. The molecular weight excluding hydrogens is 775 g/mol. The molecule has 4 rings (SSSR count). The number of esters is 1. The Morgan fingerprint density at radius 3 is 1.56 bits per heavy atom. The van der Waals surface area contributed by atoms with Crippen LogP contribution >= 0.6 is 0 Å². The van der Waals surface area contributed by atoms with Gasteiger partial charge in [0.15, 0.2) is 0 Å². The van der Waals surface area contributed by atoms with E-state index in [2.05, 4.69) is 11.7 Å². The summed E-state index contributed by atoms with van der Waals surface area (Å²) >= 11 is 0. The Balaban J connectivity index is 1.25. The van der Waals surface area contributed by atoms with Crippen LogP contribution in [0.25, 0.3) is 11.1 Å². The van der Waals surface area contributed by atoms with Gasteiger partial charge in [-0.25, -0.2) is 4.79 Å². The molecule has 0 bridgehead atoms. The largest absolute Gasteiger partial charge is 0.494 e. The average Bonchev–Trinajstić information content (AvgIpc) is 3.10. The van der Waals surface area contributed by atoms with E-state index >= 15 is 0 Å². The molecule has 0 unspecified atom stereocenters. The molecule has 19 heteroatoms. The van der Waals surface area contributed by atoms with E-state index in [1.54, 1.807) is 12.1 Å². The van der Waals surface area contributed by atoms with E-state index in [-0.39, 0.29) is 27.9 Å². The zero-order valence-electron chi connectivity index (χ0n) is 28.7. The van der Waals surface area contributed by atoms with Crippen molar-refractivity contribution in [2.24, 2.45) is 5.41 Å². The summed E-state index contributed by atoms with van der Waals surface area (Å²) in [6.45, 7) is 5.42. The molecule has 1 aliphatic rings. The number of alkyl halides is 13. The van der Waals surface area contributed by atoms with Gasteiger partial charge in [0.2, 0.25) is 0 Å². The van der Waals surface area contributed by atoms with Crippen LogP contribution in [-0.2, 0) is 9.47 Å². The summed E-state index contributed by atoms with van der Waals surface area (Å²) in [6.07, 6.45) is -10.5. The van der Waals surface area contributed by atoms with Crippen LogP contribution in [0.1, 0.15) is 43.0 Å². The van der Waals surface area contributed by atoms with Crippen molar-refractivity contribution in [1.29, 1.82) is 0 Å². The highest BCUT2D eigenvalue weighted by molar-refractivity contribution is 5.91. The van der Waals surface area contributed by atoms with Crippen LogP contribution in [0.4, 0.5) is 57.1 Å². The second kappa shape index (κ2) is 16.5. The minimum absolute atomic E-state index is 0.0568. The van der Waals surface area contributed by atoms with Crippen LogP contribution in [0.5, 0.6) is 17.2 Å². The molecule has 1 heterocycles. The lowest BCUT2D eigenvalue weighted by Gasteiger charge is -2.39. The first kappa shape index (κ1) is 43.5. The minimum atomic E-state index is -8.03. The fourth-order valence-electron chi connectivity index (χ4n) is 4.95. The van der Waals surface area contributed by atoms with Crippen LogP contribution in [0, 0.1) is 5.41 Å². The molecule has 0 spiro atoms. The van der Waals surface area contributed by atoms with Crippen molar-refractivity contribution >= 4 is 5.97 Å². The lowest BCUT2D eigenvalue weighted by molar-refractivity contribution is -0.456. The summed E-state index contributed by atoms with van der Waals surface area (Å²) < 4.78 is 199. The van der Waals surface area contributed by atoms with E-state index < -0.39 is 47.7 Å². The van der Waals surface area contributed by atoms with Gasteiger partial charge in [0.05, 0.1) is 32.0 Å². The predicted molar refractivity (Wildman–Crippen MR) is 168 cm³/mol. The maximum Gasteiger partial charge on any atom is 0.471 e. The molecule has 1 saturated heterocycles. The zero-order valence-corrected chi connectivity index (χ0v) is 28.7. The van der Waals surface area contributed by atoms with Crippen LogP contribution in [0.15, 0.2) is 72.8 Å². The highest BCUT2D eigenvalue weighted by Gasteiger charge is 2.91. The fraction of sp³-hybridized carbons (Fsp3) is 0.472. The quantitative estimate of drug-likeness (QED) is 0.0520. The topological polar surface area (TPSA) is 63.2 Å². The van der Waals surface area contributed by atoms with Gasteiger partial charge < -0.3 is 23.7 Å². The predicted octanol–water partition coefficient (Wildman–Crippen LogP) is 10.6. The van der Waals surface area contributed by atoms with E-state index in [0.29, 0.717) is 37.7 Å². The first-order valence-electron chi connectivity index (χ1n) is 16.4. The number of hydrogen-bond acceptors (Lipinski definition) is 6. The third-order valence-electron chi connectivity index (χ3n) is 8.30. The standard InChI is InChI=1S/C36H33F13O6/c1-30(21-52-22-30)20-51-18-4-2-3-5-19-53-26-12-10-25(11-13-26)29(50)54-27-14-6-23(7-15-27)24-8-16-28(17-9-24)55-36(48,49)34(43,44)32(39,40)31(37,38)33(41,42)35(45,46)47/h6-17H,2-5,18-22H2,1H3. The second-order valence-corrected chi connectivity index (χ2v) is 13.0. The van der Waals surface area contributed by atoms with Crippen molar-refractivity contribution in [1.82, 2.24) is 0 Å². The zero-order chi connectivity index (χ0) is 40.9. The Bertz CT molecular complexity index is 1710. The average molecular weight is 809 g/mol. The number of hydrogen-bond donors (Lipinski definition) is 0. The van der Waals surface area contributed by atoms with E-state index in [9.17, 15) is 61.9 Å². The van der Waals surface area contributed by atoms with Gasteiger partial charge in [0.1, 0.15) is 17.2 Å². The Hall–Kier alpha value is -4.26. The van der Waals surface area contributed by atoms with E-state index in [0.717, 1.165) is 51.0 Å². The van der Waals surface area contributed by atoms with Gasteiger partial charge in [-0.3, -0.25) is 0 Å². The first-order chi connectivity index (χ1) is 25.4. The Morgan fingerprint density at radius 2 is 1.07 bits per heavy atom. The summed E-state index contributed by atoms with van der Waals surface area (Å²) in [4.78, 5) is 12.6. The maximum atomic E-state index is 14.1. The lowest BCUT2D eigenvalue weighted by Crippen LogP contribution is -2.70. The molecule has 3 aromatic carbocycles. The summed E-state index contributed by atoms with van der Waals surface area (Å²) in [7, 11) is 0. The highest BCUT2D eigenvalue weighted by atomic mass is 19.4. The Labute approximate surface area is 305 Å². The molecule has 0 saturated carbocycles. The van der Waals surface area contributed by atoms with E-state index in [1.807, 2.05) is 0 Å². The van der Waals surface area contributed by atoms with E-state index in [1.165, 1.54) is 36.4 Å². The molecule has 55 heavy (non-hydrogen) atoms. The van der Waals surface area contributed by atoms with Crippen LogP contribution in [-0.4, -0.2) is 75.0 Å². The summed E-state index contributed by atoms with van der Waals surface area (Å²) in [5.41, 5.74) is 0.734. The van der Waals surface area contributed by atoms with Crippen LogP contribution in [0.2, 0.25) is 0 Å². The maximum absolute atomic E-state index is 14.1. The van der Waals surface area contributed by atoms with Crippen molar-refractivity contribution in [2.45, 2.75) is 68.6 Å². The summed E-state index contributed by atoms with van der Waals surface area (Å²) in [5, 5.41) is 0.